The van der Waals surface area contributed by atoms with E-state index in [1.54, 1.807) is 6.92 Å². The van der Waals surface area contributed by atoms with E-state index in [2.05, 4.69) is 6.58 Å². The fraction of sp³-hybridized carbons (Fsp3) is 0.800. The molecule has 5 atom stereocenters. The van der Waals surface area contributed by atoms with Gasteiger partial charge in [-0.15, -0.1) is 0 Å². The van der Waals surface area contributed by atoms with Gasteiger partial charge in [0, 0.05) is 5.57 Å². The average Bonchev–Trinajstić information content (AvgIpc) is 2.26. The fourth-order valence-electron chi connectivity index (χ4n) is 4.42. The number of rotatable bonds is 2. The number of fused-ring (bicyclic) bond motifs is 2. The van der Waals surface area contributed by atoms with Gasteiger partial charge in [-0.3, -0.25) is 0 Å². The number of hydrogen-bond donors (Lipinski definition) is 0. The second-order valence-corrected chi connectivity index (χ2v) is 6.40. The van der Waals surface area contributed by atoms with Crippen LogP contribution in [-0.4, -0.2) is 12.1 Å². The molecule has 2 heteroatoms. The van der Waals surface area contributed by atoms with Gasteiger partial charge in [-0.2, -0.15) is 0 Å². The van der Waals surface area contributed by atoms with Gasteiger partial charge in [0.25, 0.3) is 0 Å². The first-order valence-electron chi connectivity index (χ1n) is 7.00. The molecule has 0 heterocycles. The molecule has 0 aliphatic heterocycles. The maximum Gasteiger partial charge on any atom is 0.333 e. The van der Waals surface area contributed by atoms with Gasteiger partial charge in [0.15, 0.2) is 0 Å². The Bertz CT molecular complexity index is 341. The summed E-state index contributed by atoms with van der Waals surface area (Å²) >= 11 is 0. The van der Waals surface area contributed by atoms with Crippen LogP contribution >= 0.6 is 0 Å². The molecule has 2 nitrogen and oxygen atoms in total. The van der Waals surface area contributed by atoms with E-state index in [1.165, 1.54) is 32.1 Å². The Labute approximate surface area is 103 Å². The third-order valence-corrected chi connectivity index (χ3v) is 5.10. The van der Waals surface area contributed by atoms with Crippen LogP contribution in [0.2, 0.25) is 0 Å². The van der Waals surface area contributed by atoms with E-state index >= 15 is 0 Å². The van der Waals surface area contributed by atoms with Crippen molar-refractivity contribution in [2.24, 2.45) is 23.7 Å². The van der Waals surface area contributed by atoms with Crippen molar-refractivity contribution in [1.82, 2.24) is 0 Å². The Morgan fingerprint density at radius 2 is 1.88 bits per heavy atom. The van der Waals surface area contributed by atoms with Crippen molar-refractivity contribution in [3.05, 3.63) is 12.2 Å². The molecule has 94 valence electrons. The van der Waals surface area contributed by atoms with E-state index in [-0.39, 0.29) is 12.1 Å². The topological polar surface area (TPSA) is 26.3 Å². The molecule has 3 bridgehead atoms. The molecule has 0 radical (unpaired) electrons. The molecule has 0 saturated heterocycles. The van der Waals surface area contributed by atoms with Gasteiger partial charge >= 0.3 is 5.97 Å². The molecule has 0 aromatic heterocycles. The molecule has 3 aliphatic carbocycles. The van der Waals surface area contributed by atoms with Crippen LogP contribution in [0, 0.1) is 23.7 Å². The van der Waals surface area contributed by atoms with E-state index in [4.69, 9.17) is 4.74 Å². The van der Waals surface area contributed by atoms with Crippen LogP contribution in [0.3, 0.4) is 0 Å². The van der Waals surface area contributed by atoms with Crippen LogP contribution < -0.4 is 0 Å². The summed E-state index contributed by atoms with van der Waals surface area (Å²) in [4.78, 5) is 11.7. The van der Waals surface area contributed by atoms with Crippen molar-refractivity contribution in [1.29, 1.82) is 0 Å². The van der Waals surface area contributed by atoms with Crippen molar-refractivity contribution in [2.45, 2.75) is 51.6 Å². The minimum Gasteiger partial charge on any atom is -0.459 e. The van der Waals surface area contributed by atoms with Gasteiger partial charge in [0.1, 0.15) is 6.10 Å². The molecule has 0 aromatic carbocycles. The summed E-state index contributed by atoms with van der Waals surface area (Å²) in [6.45, 7) is 5.42. The van der Waals surface area contributed by atoms with Crippen LogP contribution in [0.1, 0.15) is 45.4 Å². The van der Waals surface area contributed by atoms with Crippen molar-refractivity contribution in [2.75, 3.05) is 0 Å². The van der Waals surface area contributed by atoms with Gasteiger partial charge in [-0.05, 0) is 62.7 Å². The van der Waals surface area contributed by atoms with Gasteiger partial charge in [-0.25, -0.2) is 4.79 Å². The van der Waals surface area contributed by atoms with Gasteiger partial charge in [-0.1, -0.05) is 13.0 Å². The Balaban J connectivity index is 1.73. The SMILES string of the molecule is C=C(C)C(=O)OC1CC2CC3CCC1C(C3)C2. The van der Waals surface area contributed by atoms with Crippen LogP contribution in [0.5, 0.6) is 0 Å². The second kappa shape index (κ2) is 4.15. The second-order valence-electron chi connectivity index (χ2n) is 6.40. The summed E-state index contributed by atoms with van der Waals surface area (Å²) in [5.41, 5.74) is 0.536. The summed E-state index contributed by atoms with van der Waals surface area (Å²) in [6, 6.07) is 0. The lowest BCUT2D eigenvalue weighted by atomic mass is 9.56. The lowest BCUT2D eigenvalue weighted by Gasteiger charge is -2.51. The highest BCUT2D eigenvalue weighted by molar-refractivity contribution is 5.87. The highest BCUT2D eigenvalue weighted by atomic mass is 16.5. The monoisotopic (exact) mass is 234 g/mol. The zero-order valence-electron chi connectivity index (χ0n) is 10.7. The normalized spacial score (nSPS) is 43.2. The van der Waals surface area contributed by atoms with Crippen molar-refractivity contribution >= 4 is 5.97 Å². The van der Waals surface area contributed by atoms with Crippen LogP contribution in [0.25, 0.3) is 0 Å². The molecule has 5 unspecified atom stereocenters. The Morgan fingerprint density at radius 1 is 1.12 bits per heavy atom. The average molecular weight is 234 g/mol. The maximum atomic E-state index is 11.7. The van der Waals surface area contributed by atoms with Gasteiger partial charge in [0.05, 0.1) is 0 Å². The quantitative estimate of drug-likeness (QED) is 0.541. The van der Waals surface area contributed by atoms with E-state index in [1.807, 2.05) is 0 Å². The van der Waals surface area contributed by atoms with Crippen molar-refractivity contribution in [3.8, 4) is 0 Å². The predicted molar refractivity (Wildman–Crippen MR) is 66.4 cm³/mol. The van der Waals surface area contributed by atoms with Crippen LogP contribution in [-0.2, 0) is 9.53 Å². The number of hydrogen-bond acceptors (Lipinski definition) is 2. The first-order chi connectivity index (χ1) is 8.13. The third kappa shape index (κ3) is 2.02. The molecule has 3 aliphatic rings. The molecule has 17 heavy (non-hydrogen) atoms. The van der Waals surface area contributed by atoms with E-state index < -0.39 is 0 Å². The molecular formula is C15H22O2. The lowest BCUT2D eigenvalue weighted by molar-refractivity contribution is -0.157. The number of ether oxygens (including phenoxy) is 1. The van der Waals surface area contributed by atoms with Crippen LogP contribution in [0.15, 0.2) is 12.2 Å². The standard InChI is InChI=1S/C15H22O2/c1-9(2)15(16)17-14-8-11-5-10-3-4-13(14)12(6-10)7-11/h10-14H,1,3-8H2,2H3. The molecule has 0 aromatic rings. The Morgan fingerprint density at radius 3 is 2.65 bits per heavy atom. The lowest BCUT2D eigenvalue weighted by Crippen LogP contribution is -2.46. The smallest absolute Gasteiger partial charge is 0.333 e. The third-order valence-electron chi connectivity index (χ3n) is 5.10. The summed E-state index contributed by atoms with van der Waals surface area (Å²) in [6.07, 6.45) is 8.09. The van der Waals surface area contributed by atoms with Gasteiger partial charge < -0.3 is 4.74 Å². The zero-order chi connectivity index (χ0) is 12.0. The van der Waals surface area contributed by atoms with E-state index in [0.717, 1.165) is 24.2 Å². The molecule has 0 spiro atoms. The highest BCUT2D eigenvalue weighted by Crippen LogP contribution is 2.53. The summed E-state index contributed by atoms with van der Waals surface area (Å²) in [5, 5.41) is 0. The minimum absolute atomic E-state index is 0.183. The number of esters is 1. The zero-order valence-corrected chi connectivity index (χ0v) is 10.7. The first-order valence-corrected chi connectivity index (χ1v) is 7.00. The van der Waals surface area contributed by atoms with Crippen molar-refractivity contribution < 1.29 is 9.53 Å². The fourth-order valence-corrected chi connectivity index (χ4v) is 4.42. The molecule has 0 amide bonds. The molecule has 0 N–H and O–H groups in total. The molecule has 3 fully saturated rings. The minimum atomic E-state index is -0.183. The Kier molecular flexibility index (Phi) is 2.76. The Hall–Kier alpha value is -0.790. The largest absolute Gasteiger partial charge is 0.459 e. The van der Waals surface area contributed by atoms with Crippen LogP contribution in [0.4, 0.5) is 0 Å². The maximum absolute atomic E-state index is 11.7. The van der Waals surface area contributed by atoms with E-state index in [0.29, 0.717) is 11.5 Å². The summed E-state index contributed by atoms with van der Waals surface area (Å²) in [5.74, 6) is 3.10. The predicted octanol–water partition coefficient (Wildman–Crippen LogP) is 3.32. The highest BCUT2D eigenvalue weighted by Gasteiger charge is 2.46. The molecule has 3 rings (SSSR count). The van der Waals surface area contributed by atoms with Gasteiger partial charge in [0.2, 0.25) is 0 Å². The number of carbonyl (C=O) groups is 1. The van der Waals surface area contributed by atoms with E-state index in [9.17, 15) is 4.79 Å². The number of carbonyl (C=O) groups excluding carboxylic acids is 1. The molecular weight excluding hydrogens is 212 g/mol. The summed E-state index contributed by atoms with van der Waals surface area (Å²) in [7, 11) is 0. The molecule has 3 saturated carbocycles. The first kappa shape index (κ1) is 11.3. The summed E-state index contributed by atoms with van der Waals surface area (Å²) < 4.78 is 5.68. The van der Waals surface area contributed by atoms with Crippen molar-refractivity contribution in [3.63, 3.8) is 0 Å².